The van der Waals surface area contributed by atoms with Crippen molar-refractivity contribution >= 4 is 0 Å². The largest absolute Gasteiger partial charge is 0.396 e. The number of aliphatic hydroxyl groups is 1. The Bertz CT molecular complexity index is 348. The van der Waals surface area contributed by atoms with Crippen molar-refractivity contribution < 1.29 is 5.11 Å². The van der Waals surface area contributed by atoms with Crippen LogP contribution in [-0.4, -0.2) is 40.0 Å². The molecular formula is C12H21N3O. The fraction of sp³-hybridized carbons (Fsp3) is 0.750. The van der Waals surface area contributed by atoms with E-state index >= 15 is 0 Å². The van der Waals surface area contributed by atoms with Crippen LogP contribution in [0.15, 0.2) is 6.07 Å². The maximum Gasteiger partial charge on any atom is 0.0798 e. The predicted molar refractivity (Wildman–Crippen MR) is 63.2 cm³/mol. The number of aromatic nitrogens is 2. The Morgan fingerprint density at radius 1 is 1.44 bits per heavy atom. The summed E-state index contributed by atoms with van der Waals surface area (Å²) in [5.41, 5.74) is 2.28. The molecule has 4 nitrogen and oxygen atoms in total. The first kappa shape index (κ1) is 11.6. The van der Waals surface area contributed by atoms with E-state index in [0.29, 0.717) is 12.5 Å². The van der Waals surface area contributed by atoms with Crippen molar-refractivity contribution in [2.24, 2.45) is 7.05 Å². The molecule has 16 heavy (non-hydrogen) atoms. The highest BCUT2D eigenvalue weighted by Crippen LogP contribution is 2.28. The third-order valence-electron chi connectivity index (χ3n) is 3.48. The molecule has 0 spiro atoms. The van der Waals surface area contributed by atoms with Gasteiger partial charge in [0, 0.05) is 25.8 Å². The van der Waals surface area contributed by atoms with E-state index in [1.54, 1.807) is 0 Å². The van der Waals surface area contributed by atoms with Gasteiger partial charge in [0.05, 0.1) is 11.7 Å². The first-order valence-corrected chi connectivity index (χ1v) is 6.06. The quantitative estimate of drug-likeness (QED) is 0.834. The van der Waals surface area contributed by atoms with Gasteiger partial charge in [-0.15, -0.1) is 0 Å². The predicted octanol–water partition coefficient (Wildman–Crippen LogP) is 1.11. The van der Waals surface area contributed by atoms with E-state index in [0.717, 1.165) is 17.9 Å². The van der Waals surface area contributed by atoms with Crippen LogP contribution in [0, 0.1) is 0 Å². The highest BCUT2D eigenvalue weighted by Gasteiger charge is 2.23. The average molecular weight is 223 g/mol. The van der Waals surface area contributed by atoms with Gasteiger partial charge >= 0.3 is 0 Å². The third kappa shape index (κ3) is 2.28. The zero-order valence-corrected chi connectivity index (χ0v) is 10.2. The van der Waals surface area contributed by atoms with Crippen LogP contribution in [-0.2, 0) is 13.5 Å². The van der Waals surface area contributed by atoms with Crippen molar-refractivity contribution in [2.45, 2.75) is 31.7 Å². The summed E-state index contributed by atoms with van der Waals surface area (Å²) >= 11 is 0. The number of hydrogen-bond donors (Lipinski definition) is 1. The molecule has 2 heterocycles. The molecule has 0 unspecified atom stereocenters. The van der Waals surface area contributed by atoms with Crippen LogP contribution in [0.1, 0.15) is 36.7 Å². The van der Waals surface area contributed by atoms with Crippen molar-refractivity contribution in [3.63, 3.8) is 0 Å². The zero-order valence-electron chi connectivity index (χ0n) is 10.2. The van der Waals surface area contributed by atoms with Gasteiger partial charge in [-0.25, -0.2) is 0 Å². The van der Waals surface area contributed by atoms with Crippen LogP contribution >= 0.6 is 0 Å². The molecule has 1 fully saturated rings. The summed E-state index contributed by atoms with van der Waals surface area (Å²) in [4.78, 5) is 2.38. The Labute approximate surface area is 96.9 Å². The van der Waals surface area contributed by atoms with E-state index in [-0.39, 0.29) is 6.61 Å². The van der Waals surface area contributed by atoms with Gasteiger partial charge in [0.2, 0.25) is 0 Å². The molecule has 1 aliphatic heterocycles. The van der Waals surface area contributed by atoms with Crippen LogP contribution in [0.2, 0.25) is 0 Å². The second-order valence-electron chi connectivity index (χ2n) is 4.65. The summed E-state index contributed by atoms with van der Waals surface area (Å²) in [6, 6.07) is 2.61. The summed E-state index contributed by atoms with van der Waals surface area (Å²) in [6.45, 7) is 1.36. The summed E-state index contributed by atoms with van der Waals surface area (Å²) in [5.74, 6) is 0. The zero-order chi connectivity index (χ0) is 11.5. The minimum Gasteiger partial charge on any atom is -0.396 e. The molecule has 4 heteroatoms. The Kier molecular flexibility index (Phi) is 3.61. The fourth-order valence-electron chi connectivity index (χ4n) is 2.49. The van der Waals surface area contributed by atoms with E-state index in [1.807, 2.05) is 11.7 Å². The third-order valence-corrected chi connectivity index (χ3v) is 3.48. The first-order chi connectivity index (χ1) is 7.72. The number of nitrogens with zero attached hydrogens (tertiary/aromatic N) is 3. The van der Waals surface area contributed by atoms with Gasteiger partial charge in [0.15, 0.2) is 0 Å². The molecule has 90 valence electrons. The Hall–Kier alpha value is -0.870. The fourth-order valence-corrected chi connectivity index (χ4v) is 2.49. The number of aryl methyl sites for hydroxylation is 1. The van der Waals surface area contributed by atoms with Crippen LogP contribution in [0.3, 0.4) is 0 Å². The molecule has 1 aromatic rings. The van der Waals surface area contributed by atoms with E-state index in [9.17, 15) is 0 Å². The van der Waals surface area contributed by atoms with E-state index in [4.69, 9.17) is 5.11 Å². The minimum atomic E-state index is 0.194. The molecule has 2 rings (SSSR count). The van der Waals surface area contributed by atoms with Crippen molar-refractivity contribution in [2.75, 3.05) is 20.2 Å². The summed E-state index contributed by atoms with van der Waals surface area (Å²) < 4.78 is 1.90. The highest BCUT2D eigenvalue weighted by atomic mass is 16.3. The van der Waals surface area contributed by atoms with E-state index in [2.05, 4.69) is 23.1 Å². The minimum absolute atomic E-state index is 0.194. The molecule has 1 atom stereocenters. The first-order valence-electron chi connectivity index (χ1n) is 6.06. The topological polar surface area (TPSA) is 41.3 Å². The lowest BCUT2D eigenvalue weighted by molar-refractivity contribution is 0.183. The van der Waals surface area contributed by atoms with Crippen molar-refractivity contribution in [3.8, 4) is 0 Å². The molecule has 1 saturated heterocycles. The number of rotatable bonds is 3. The average Bonchev–Trinajstić information content (AvgIpc) is 2.61. The van der Waals surface area contributed by atoms with Crippen LogP contribution in [0.25, 0.3) is 0 Å². The lowest BCUT2D eigenvalue weighted by Crippen LogP contribution is -2.29. The maximum absolute atomic E-state index is 8.96. The molecule has 1 aromatic heterocycles. The number of piperidine rings is 1. The molecule has 0 radical (unpaired) electrons. The Morgan fingerprint density at radius 2 is 2.25 bits per heavy atom. The van der Waals surface area contributed by atoms with E-state index in [1.165, 1.54) is 19.3 Å². The lowest BCUT2D eigenvalue weighted by atomic mass is 10.00. The summed E-state index contributed by atoms with van der Waals surface area (Å²) in [7, 11) is 4.13. The number of hydrogen-bond acceptors (Lipinski definition) is 3. The monoisotopic (exact) mass is 223 g/mol. The van der Waals surface area contributed by atoms with Crippen LogP contribution in [0.5, 0.6) is 0 Å². The van der Waals surface area contributed by atoms with Crippen molar-refractivity contribution in [3.05, 3.63) is 17.5 Å². The van der Waals surface area contributed by atoms with E-state index < -0.39 is 0 Å². The second-order valence-corrected chi connectivity index (χ2v) is 4.65. The van der Waals surface area contributed by atoms with Crippen molar-refractivity contribution in [1.82, 2.24) is 14.7 Å². The second kappa shape index (κ2) is 4.97. The molecule has 0 aliphatic carbocycles. The van der Waals surface area contributed by atoms with Gasteiger partial charge in [-0.1, -0.05) is 6.42 Å². The summed E-state index contributed by atoms with van der Waals surface area (Å²) in [5, 5.41) is 13.5. The number of likely N-dealkylation sites (tertiary alicyclic amines) is 1. The normalized spacial score (nSPS) is 22.6. The van der Waals surface area contributed by atoms with Crippen molar-refractivity contribution in [1.29, 1.82) is 0 Å². The lowest BCUT2D eigenvalue weighted by Gasteiger charge is -2.31. The smallest absolute Gasteiger partial charge is 0.0798 e. The molecule has 0 amide bonds. The molecule has 1 N–H and O–H groups in total. The SMILES string of the molecule is CN1CCCC[C@@H]1c1cc(CCO)n(C)n1. The van der Waals surface area contributed by atoms with Gasteiger partial charge in [-0.05, 0) is 32.5 Å². The number of aliphatic hydroxyl groups excluding tert-OH is 1. The van der Waals surface area contributed by atoms with Crippen LogP contribution in [0.4, 0.5) is 0 Å². The summed E-state index contributed by atoms with van der Waals surface area (Å²) in [6.07, 6.45) is 4.48. The van der Waals surface area contributed by atoms with Gasteiger partial charge in [-0.3, -0.25) is 9.58 Å². The Morgan fingerprint density at radius 3 is 2.94 bits per heavy atom. The van der Waals surface area contributed by atoms with Gasteiger partial charge in [0.25, 0.3) is 0 Å². The molecule has 0 saturated carbocycles. The van der Waals surface area contributed by atoms with Gasteiger partial charge in [0.1, 0.15) is 0 Å². The standard InChI is InChI=1S/C12H21N3O/c1-14-7-4-3-5-12(14)11-9-10(6-8-16)15(2)13-11/h9,12,16H,3-8H2,1-2H3/t12-/m1/s1. The molecular weight excluding hydrogens is 202 g/mol. The van der Waals surface area contributed by atoms with Gasteiger partial charge in [-0.2, -0.15) is 5.10 Å². The molecule has 0 bridgehead atoms. The van der Waals surface area contributed by atoms with Gasteiger partial charge < -0.3 is 5.11 Å². The van der Waals surface area contributed by atoms with Crippen LogP contribution < -0.4 is 0 Å². The maximum atomic E-state index is 8.96. The molecule has 1 aliphatic rings. The Balaban J connectivity index is 2.16. The highest BCUT2D eigenvalue weighted by molar-refractivity contribution is 5.14. The molecule has 0 aromatic carbocycles.